The number of aryl methyl sites for hydroxylation is 1. The molecule has 0 aliphatic heterocycles. The van der Waals surface area contributed by atoms with E-state index in [2.05, 4.69) is 34.2 Å². The Morgan fingerprint density at radius 2 is 2.17 bits per heavy atom. The van der Waals surface area contributed by atoms with Crippen LogP contribution >= 0.6 is 0 Å². The largest absolute Gasteiger partial charge is 0.304 e. The van der Waals surface area contributed by atoms with Crippen LogP contribution in [0, 0.1) is 0 Å². The molecule has 2 aromatic heterocycles. The lowest BCUT2D eigenvalue weighted by Crippen LogP contribution is -2.25. The van der Waals surface area contributed by atoms with Crippen LogP contribution in [0.1, 0.15) is 37.7 Å². The third-order valence-electron chi connectivity index (χ3n) is 2.77. The van der Waals surface area contributed by atoms with Gasteiger partial charge in [-0.3, -0.25) is 14.6 Å². The van der Waals surface area contributed by atoms with E-state index in [0.29, 0.717) is 0 Å². The smallest absolute Gasteiger partial charge is 0.0937 e. The molecule has 0 spiro atoms. The number of hydrogen-bond acceptors (Lipinski definition) is 4. The average Bonchev–Trinajstić information content (AvgIpc) is 2.85. The summed E-state index contributed by atoms with van der Waals surface area (Å²) in [6.07, 6.45) is 8.12. The van der Waals surface area contributed by atoms with E-state index in [4.69, 9.17) is 0 Å². The first-order chi connectivity index (χ1) is 8.86. The van der Waals surface area contributed by atoms with Gasteiger partial charge >= 0.3 is 0 Å². The Morgan fingerprint density at radius 1 is 1.28 bits per heavy atom. The minimum absolute atomic E-state index is 0.0535. The van der Waals surface area contributed by atoms with E-state index in [1.54, 1.807) is 18.6 Å². The van der Waals surface area contributed by atoms with Crippen LogP contribution in [0.15, 0.2) is 30.9 Å². The second-order valence-electron chi connectivity index (χ2n) is 4.10. The Morgan fingerprint density at radius 3 is 2.83 bits per heavy atom. The van der Waals surface area contributed by atoms with Crippen LogP contribution in [-0.4, -0.2) is 26.3 Å². The molecule has 1 N–H and O–H groups in total. The van der Waals surface area contributed by atoms with Crippen LogP contribution in [0.25, 0.3) is 0 Å². The van der Waals surface area contributed by atoms with E-state index < -0.39 is 0 Å². The fourth-order valence-corrected chi connectivity index (χ4v) is 2.01. The van der Waals surface area contributed by atoms with Gasteiger partial charge in [-0.05, 0) is 19.0 Å². The molecule has 1 atom stereocenters. The minimum Gasteiger partial charge on any atom is -0.304 e. The first kappa shape index (κ1) is 12.7. The monoisotopic (exact) mass is 245 g/mol. The van der Waals surface area contributed by atoms with E-state index in [0.717, 1.165) is 30.9 Å². The van der Waals surface area contributed by atoms with E-state index in [-0.39, 0.29) is 6.04 Å². The lowest BCUT2D eigenvalue weighted by molar-refractivity contribution is 0.513. The highest BCUT2D eigenvalue weighted by molar-refractivity contribution is 5.19. The molecule has 0 amide bonds. The van der Waals surface area contributed by atoms with Gasteiger partial charge in [-0.15, -0.1) is 0 Å². The zero-order valence-electron chi connectivity index (χ0n) is 10.9. The van der Waals surface area contributed by atoms with Crippen molar-refractivity contribution in [2.45, 2.75) is 32.9 Å². The van der Waals surface area contributed by atoms with Gasteiger partial charge in [0.05, 0.1) is 23.6 Å². The maximum atomic E-state index is 4.39. The minimum atomic E-state index is 0.0535. The maximum Gasteiger partial charge on any atom is 0.0937 e. The van der Waals surface area contributed by atoms with Crippen molar-refractivity contribution in [3.05, 3.63) is 42.2 Å². The Balaban J connectivity index is 2.32. The first-order valence-corrected chi connectivity index (χ1v) is 6.37. The van der Waals surface area contributed by atoms with E-state index >= 15 is 0 Å². The predicted molar refractivity (Wildman–Crippen MR) is 70.1 cm³/mol. The molecule has 2 rings (SSSR count). The third kappa shape index (κ3) is 2.73. The van der Waals surface area contributed by atoms with Crippen molar-refractivity contribution < 1.29 is 0 Å². The molecular formula is C13H19N5. The van der Waals surface area contributed by atoms with Gasteiger partial charge in [0, 0.05) is 25.1 Å². The number of aromatic nitrogens is 4. The molecule has 0 aliphatic carbocycles. The van der Waals surface area contributed by atoms with Gasteiger partial charge in [0.15, 0.2) is 0 Å². The second kappa shape index (κ2) is 6.26. The summed E-state index contributed by atoms with van der Waals surface area (Å²) in [6, 6.07) is 2.09. The molecule has 96 valence electrons. The van der Waals surface area contributed by atoms with Crippen LogP contribution in [-0.2, 0) is 6.54 Å². The Kier molecular flexibility index (Phi) is 4.41. The van der Waals surface area contributed by atoms with Crippen LogP contribution in [0.5, 0.6) is 0 Å². The summed E-state index contributed by atoms with van der Waals surface area (Å²) in [7, 11) is 0. The molecule has 5 heteroatoms. The van der Waals surface area contributed by atoms with Crippen molar-refractivity contribution in [3.63, 3.8) is 0 Å². The van der Waals surface area contributed by atoms with Crippen molar-refractivity contribution in [2.24, 2.45) is 0 Å². The SMILES string of the molecule is CCCn1nccc1C(NCC)c1cnccn1. The fraction of sp³-hybridized carbons (Fsp3) is 0.462. The molecule has 0 aromatic carbocycles. The normalized spacial score (nSPS) is 12.6. The Hall–Kier alpha value is -1.75. The van der Waals surface area contributed by atoms with E-state index in [9.17, 15) is 0 Å². The van der Waals surface area contributed by atoms with Crippen molar-refractivity contribution in [1.29, 1.82) is 0 Å². The summed E-state index contributed by atoms with van der Waals surface area (Å²) in [6.45, 7) is 6.03. The van der Waals surface area contributed by atoms with Crippen molar-refractivity contribution in [2.75, 3.05) is 6.54 Å². The molecule has 2 heterocycles. The van der Waals surface area contributed by atoms with Gasteiger partial charge in [-0.2, -0.15) is 5.10 Å². The van der Waals surface area contributed by atoms with Gasteiger partial charge in [0.25, 0.3) is 0 Å². The standard InChI is InChI=1S/C13H19N5/c1-3-9-18-12(5-6-17-18)13(15-4-2)11-10-14-7-8-16-11/h5-8,10,13,15H,3-4,9H2,1-2H3. The van der Waals surface area contributed by atoms with Crippen molar-refractivity contribution in [3.8, 4) is 0 Å². The molecule has 0 radical (unpaired) electrons. The third-order valence-corrected chi connectivity index (χ3v) is 2.77. The van der Waals surface area contributed by atoms with Crippen LogP contribution < -0.4 is 5.32 Å². The molecule has 0 aliphatic rings. The highest BCUT2D eigenvalue weighted by atomic mass is 15.3. The molecule has 0 saturated carbocycles. The quantitative estimate of drug-likeness (QED) is 0.843. The highest BCUT2D eigenvalue weighted by Crippen LogP contribution is 2.19. The van der Waals surface area contributed by atoms with Gasteiger partial charge < -0.3 is 5.32 Å². The van der Waals surface area contributed by atoms with Crippen molar-refractivity contribution in [1.82, 2.24) is 25.1 Å². The summed E-state index contributed by atoms with van der Waals surface area (Å²) < 4.78 is 2.03. The molecule has 2 aromatic rings. The lowest BCUT2D eigenvalue weighted by Gasteiger charge is -2.18. The zero-order chi connectivity index (χ0) is 12.8. The number of rotatable bonds is 6. The number of nitrogens with one attached hydrogen (secondary N) is 1. The Bertz CT molecular complexity index is 465. The zero-order valence-corrected chi connectivity index (χ0v) is 10.9. The molecule has 1 unspecified atom stereocenters. The summed E-state index contributed by atoms with van der Waals surface area (Å²) in [5.41, 5.74) is 2.07. The van der Waals surface area contributed by atoms with Crippen molar-refractivity contribution >= 4 is 0 Å². The topological polar surface area (TPSA) is 55.6 Å². The second-order valence-corrected chi connectivity index (χ2v) is 4.10. The summed E-state index contributed by atoms with van der Waals surface area (Å²) in [5, 5.41) is 7.80. The van der Waals surface area contributed by atoms with E-state index in [1.165, 1.54) is 0 Å². The van der Waals surface area contributed by atoms with E-state index in [1.807, 2.05) is 16.9 Å². The molecule has 0 bridgehead atoms. The summed E-state index contributed by atoms with van der Waals surface area (Å²) in [5.74, 6) is 0. The van der Waals surface area contributed by atoms with Gasteiger partial charge in [-0.25, -0.2) is 0 Å². The van der Waals surface area contributed by atoms with Gasteiger partial charge in [-0.1, -0.05) is 13.8 Å². The maximum absolute atomic E-state index is 4.39. The number of nitrogens with zero attached hydrogens (tertiary/aromatic N) is 4. The predicted octanol–water partition coefficient (Wildman–Crippen LogP) is 1.78. The average molecular weight is 245 g/mol. The molecule has 18 heavy (non-hydrogen) atoms. The molecule has 0 saturated heterocycles. The molecule has 5 nitrogen and oxygen atoms in total. The van der Waals surface area contributed by atoms with Gasteiger partial charge in [0.1, 0.15) is 0 Å². The molecule has 0 fully saturated rings. The number of hydrogen-bond donors (Lipinski definition) is 1. The first-order valence-electron chi connectivity index (χ1n) is 6.37. The lowest BCUT2D eigenvalue weighted by atomic mass is 10.1. The fourth-order valence-electron chi connectivity index (χ4n) is 2.01. The Labute approximate surface area is 107 Å². The molecular weight excluding hydrogens is 226 g/mol. The highest BCUT2D eigenvalue weighted by Gasteiger charge is 2.18. The summed E-state index contributed by atoms with van der Waals surface area (Å²) >= 11 is 0. The van der Waals surface area contributed by atoms with Gasteiger partial charge in [0.2, 0.25) is 0 Å². The van der Waals surface area contributed by atoms with Crippen LogP contribution in [0.2, 0.25) is 0 Å². The van der Waals surface area contributed by atoms with Crippen LogP contribution in [0.4, 0.5) is 0 Å². The van der Waals surface area contributed by atoms with Crippen LogP contribution in [0.3, 0.4) is 0 Å². The summed E-state index contributed by atoms with van der Waals surface area (Å²) in [4.78, 5) is 8.53.